The van der Waals surface area contributed by atoms with Crippen LogP contribution >= 0.6 is 34.8 Å². The molecule has 0 bridgehead atoms. The number of fused-ring (bicyclic) bond motifs is 1. The van der Waals surface area contributed by atoms with Gasteiger partial charge in [-0.15, -0.1) is 0 Å². The lowest BCUT2D eigenvalue weighted by Crippen LogP contribution is -2.25. The van der Waals surface area contributed by atoms with Crippen molar-refractivity contribution in [1.29, 1.82) is 0 Å². The van der Waals surface area contributed by atoms with Crippen LogP contribution in [0.15, 0.2) is 60.7 Å². The standard InChI is InChI=1S/C24H18Cl3NO2/c1-2-28-22-10-6-4-8-17(22)18(24(28)29)11-15-12-20(26)23(21(27)13-15)30-14-16-7-3-5-9-19(16)25/h3-13H,2,14H2,1H3/b18-11-. The van der Waals surface area contributed by atoms with E-state index < -0.39 is 0 Å². The van der Waals surface area contributed by atoms with Gasteiger partial charge in [0.05, 0.1) is 15.7 Å². The Morgan fingerprint density at radius 2 is 1.60 bits per heavy atom. The summed E-state index contributed by atoms with van der Waals surface area (Å²) in [7, 11) is 0. The van der Waals surface area contributed by atoms with E-state index in [1.165, 1.54) is 0 Å². The summed E-state index contributed by atoms with van der Waals surface area (Å²) < 4.78 is 5.83. The number of hydrogen-bond acceptors (Lipinski definition) is 2. The lowest BCUT2D eigenvalue weighted by Gasteiger charge is -2.13. The van der Waals surface area contributed by atoms with Gasteiger partial charge >= 0.3 is 0 Å². The van der Waals surface area contributed by atoms with Crippen molar-refractivity contribution in [2.45, 2.75) is 13.5 Å². The number of rotatable bonds is 5. The average molecular weight is 459 g/mol. The molecule has 3 aromatic carbocycles. The van der Waals surface area contributed by atoms with Gasteiger partial charge in [-0.3, -0.25) is 4.79 Å². The molecular weight excluding hydrogens is 441 g/mol. The fourth-order valence-electron chi connectivity index (χ4n) is 3.49. The number of nitrogens with zero attached hydrogens (tertiary/aromatic N) is 1. The van der Waals surface area contributed by atoms with Crippen LogP contribution in [0.5, 0.6) is 5.75 Å². The molecule has 0 saturated carbocycles. The van der Waals surface area contributed by atoms with Crippen molar-refractivity contribution in [3.63, 3.8) is 0 Å². The number of halogens is 3. The van der Waals surface area contributed by atoms with Crippen LogP contribution in [0.4, 0.5) is 5.69 Å². The minimum atomic E-state index is -0.0370. The van der Waals surface area contributed by atoms with Gasteiger partial charge in [-0.2, -0.15) is 0 Å². The zero-order valence-corrected chi connectivity index (χ0v) is 18.4. The number of carbonyl (C=O) groups excluding carboxylic acids is 1. The molecular formula is C24H18Cl3NO2. The van der Waals surface area contributed by atoms with Crippen LogP contribution in [-0.2, 0) is 11.4 Å². The van der Waals surface area contributed by atoms with Crippen LogP contribution in [0.25, 0.3) is 11.6 Å². The van der Waals surface area contributed by atoms with E-state index in [0.717, 1.165) is 22.4 Å². The molecule has 30 heavy (non-hydrogen) atoms. The first-order chi connectivity index (χ1) is 14.5. The first kappa shape index (κ1) is 20.8. The third-order valence-corrected chi connectivity index (χ3v) is 5.87. The van der Waals surface area contributed by atoms with Crippen molar-refractivity contribution >= 4 is 58.0 Å². The molecule has 1 amide bonds. The molecule has 0 unspecified atom stereocenters. The van der Waals surface area contributed by atoms with E-state index in [-0.39, 0.29) is 12.5 Å². The Morgan fingerprint density at radius 1 is 0.933 bits per heavy atom. The topological polar surface area (TPSA) is 29.5 Å². The SMILES string of the molecule is CCN1C(=O)/C(=C\c2cc(Cl)c(OCc3ccccc3Cl)c(Cl)c2)c2ccccc21. The summed E-state index contributed by atoms with van der Waals surface area (Å²) in [5.41, 5.74) is 3.99. The normalized spacial score (nSPS) is 14.3. The van der Waals surface area contributed by atoms with Crippen molar-refractivity contribution in [2.24, 2.45) is 0 Å². The summed E-state index contributed by atoms with van der Waals surface area (Å²) in [4.78, 5) is 14.6. The van der Waals surface area contributed by atoms with Gasteiger partial charge in [0, 0.05) is 28.3 Å². The fourth-order valence-corrected chi connectivity index (χ4v) is 4.30. The second-order valence-electron chi connectivity index (χ2n) is 6.82. The van der Waals surface area contributed by atoms with Gasteiger partial charge in [0.25, 0.3) is 5.91 Å². The largest absolute Gasteiger partial charge is 0.486 e. The monoisotopic (exact) mass is 457 g/mol. The summed E-state index contributed by atoms with van der Waals surface area (Å²) in [6, 6.07) is 18.7. The van der Waals surface area contributed by atoms with E-state index >= 15 is 0 Å². The summed E-state index contributed by atoms with van der Waals surface area (Å²) >= 11 is 19.1. The Labute approximate surface area is 190 Å². The molecule has 0 N–H and O–H groups in total. The molecule has 0 atom stereocenters. The van der Waals surface area contributed by atoms with Crippen LogP contribution in [0.3, 0.4) is 0 Å². The maximum absolute atomic E-state index is 12.9. The molecule has 0 saturated heterocycles. The highest BCUT2D eigenvalue weighted by Crippen LogP contribution is 2.40. The van der Waals surface area contributed by atoms with Crippen LogP contribution in [-0.4, -0.2) is 12.5 Å². The predicted octanol–water partition coefficient (Wildman–Crippen LogP) is 7.13. The molecule has 1 heterocycles. The van der Waals surface area contributed by atoms with Gasteiger partial charge in [-0.05, 0) is 42.8 Å². The number of likely N-dealkylation sites (N-methyl/N-ethyl adjacent to an activating group) is 1. The summed E-state index contributed by atoms with van der Waals surface area (Å²) in [5, 5.41) is 1.35. The van der Waals surface area contributed by atoms with E-state index in [1.807, 2.05) is 55.5 Å². The van der Waals surface area contributed by atoms with Crippen LogP contribution < -0.4 is 9.64 Å². The lowest BCUT2D eigenvalue weighted by atomic mass is 10.0. The van der Waals surface area contributed by atoms with Gasteiger partial charge in [-0.1, -0.05) is 71.2 Å². The lowest BCUT2D eigenvalue weighted by molar-refractivity contribution is -0.112. The highest BCUT2D eigenvalue weighted by atomic mass is 35.5. The van der Waals surface area contributed by atoms with E-state index in [4.69, 9.17) is 39.5 Å². The molecule has 3 aromatic rings. The molecule has 3 nitrogen and oxygen atoms in total. The zero-order valence-electron chi connectivity index (χ0n) is 16.2. The minimum Gasteiger partial charge on any atom is -0.486 e. The van der Waals surface area contributed by atoms with E-state index in [1.54, 1.807) is 23.1 Å². The number of carbonyl (C=O) groups is 1. The molecule has 0 aliphatic carbocycles. The number of amides is 1. The number of benzene rings is 3. The predicted molar refractivity (Wildman–Crippen MR) is 125 cm³/mol. The highest BCUT2D eigenvalue weighted by molar-refractivity contribution is 6.38. The molecule has 0 spiro atoms. The van der Waals surface area contributed by atoms with Crippen LogP contribution in [0.1, 0.15) is 23.6 Å². The molecule has 1 aliphatic rings. The van der Waals surface area contributed by atoms with Crippen molar-refractivity contribution in [2.75, 3.05) is 11.4 Å². The zero-order chi connectivity index (χ0) is 21.3. The number of para-hydroxylation sites is 1. The third-order valence-electron chi connectivity index (χ3n) is 4.94. The van der Waals surface area contributed by atoms with E-state index in [0.29, 0.717) is 32.9 Å². The van der Waals surface area contributed by atoms with E-state index in [9.17, 15) is 4.79 Å². The van der Waals surface area contributed by atoms with Crippen molar-refractivity contribution in [3.05, 3.63) is 92.4 Å². The Balaban J connectivity index is 1.64. The smallest absolute Gasteiger partial charge is 0.258 e. The quantitative estimate of drug-likeness (QED) is 0.380. The molecule has 0 radical (unpaired) electrons. The van der Waals surface area contributed by atoms with Crippen molar-refractivity contribution in [1.82, 2.24) is 0 Å². The molecule has 6 heteroatoms. The van der Waals surface area contributed by atoms with Crippen molar-refractivity contribution < 1.29 is 9.53 Å². The van der Waals surface area contributed by atoms with Crippen LogP contribution in [0.2, 0.25) is 15.1 Å². The molecule has 152 valence electrons. The number of anilines is 1. The van der Waals surface area contributed by atoms with Gasteiger partial charge in [-0.25, -0.2) is 0 Å². The fraction of sp³-hybridized carbons (Fsp3) is 0.125. The maximum Gasteiger partial charge on any atom is 0.258 e. The summed E-state index contributed by atoms with van der Waals surface area (Å²) in [6.07, 6.45) is 1.81. The molecule has 0 aromatic heterocycles. The van der Waals surface area contributed by atoms with E-state index in [2.05, 4.69) is 0 Å². The highest BCUT2D eigenvalue weighted by Gasteiger charge is 2.30. The molecule has 4 rings (SSSR count). The molecule has 0 fully saturated rings. The maximum atomic E-state index is 12.9. The Bertz CT molecular complexity index is 1130. The Hall–Kier alpha value is -2.46. The molecule has 1 aliphatic heterocycles. The average Bonchev–Trinajstić information content (AvgIpc) is 2.99. The Kier molecular flexibility index (Phi) is 6.05. The number of ether oxygens (including phenoxy) is 1. The van der Waals surface area contributed by atoms with Crippen molar-refractivity contribution in [3.8, 4) is 5.75 Å². The minimum absolute atomic E-state index is 0.0370. The Morgan fingerprint density at radius 3 is 2.30 bits per heavy atom. The van der Waals surface area contributed by atoms with Gasteiger partial charge < -0.3 is 9.64 Å². The second-order valence-corrected chi connectivity index (χ2v) is 8.04. The van der Waals surface area contributed by atoms with Crippen LogP contribution in [0, 0.1) is 0 Å². The first-order valence-electron chi connectivity index (χ1n) is 9.47. The van der Waals surface area contributed by atoms with Gasteiger partial charge in [0.1, 0.15) is 6.61 Å². The van der Waals surface area contributed by atoms with Gasteiger partial charge in [0.15, 0.2) is 5.75 Å². The third kappa shape index (κ3) is 3.93. The number of hydrogen-bond donors (Lipinski definition) is 0. The summed E-state index contributed by atoms with van der Waals surface area (Å²) in [5.74, 6) is 0.346. The second kappa shape index (κ2) is 8.73. The summed E-state index contributed by atoms with van der Waals surface area (Å²) in [6.45, 7) is 2.80. The van der Waals surface area contributed by atoms with Gasteiger partial charge in [0.2, 0.25) is 0 Å². The first-order valence-corrected chi connectivity index (χ1v) is 10.6.